The van der Waals surface area contributed by atoms with Gasteiger partial charge in [-0.25, -0.2) is 8.42 Å². The predicted molar refractivity (Wildman–Crippen MR) is 85.4 cm³/mol. The van der Waals surface area contributed by atoms with Gasteiger partial charge in [0.05, 0.1) is 9.79 Å². The second-order valence-electron chi connectivity index (χ2n) is 5.70. The second kappa shape index (κ2) is 5.32. The number of hydrogen-bond acceptors (Lipinski definition) is 4. The highest BCUT2D eigenvalue weighted by atomic mass is 32.2. The fraction of sp³-hybridized carbons (Fsp3) is 0.294. The smallest absolute Gasteiger partial charge is 0.207 e. The SMILES string of the molecule is Cc1cc(O)c(C)c(S(=O)(=O)c2cc(C)c(O)c(C)c2)c1C. The molecule has 0 radical (unpaired) electrons. The minimum Gasteiger partial charge on any atom is -0.508 e. The molecule has 0 aliphatic carbocycles. The molecule has 0 fully saturated rings. The van der Waals surface area contributed by atoms with E-state index in [9.17, 15) is 18.6 Å². The van der Waals surface area contributed by atoms with Gasteiger partial charge in [0.2, 0.25) is 9.84 Å². The minimum atomic E-state index is -3.78. The number of sulfone groups is 1. The fourth-order valence-corrected chi connectivity index (χ4v) is 4.56. The van der Waals surface area contributed by atoms with Gasteiger partial charge < -0.3 is 10.2 Å². The van der Waals surface area contributed by atoms with Gasteiger partial charge in [-0.05, 0) is 75.1 Å². The molecule has 2 N–H and O–H groups in total. The molecule has 22 heavy (non-hydrogen) atoms. The first kappa shape index (κ1) is 16.4. The molecule has 0 aliphatic heterocycles. The van der Waals surface area contributed by atoms with Crippen LogP contribution < -0.4 is 0 Å². The highest BCUT2D eigenvalue weighted by Gasteiger charge is 2.26. The normalized spacial score (nSPS) is 11.7. The van der Waals surface area contributed by atoms with Crippen molar-refractivity contribution in [3.63, 3.8) is 0 Å². The molecule has 2 aromatic carbocycles. The third-order valence-corrected chi connectivity index (χ3v) is 6.06. The summed E-state index contributed by atoms with van der Waals surface area (Å²) in [5.41, 5.74) is 2.69. The molecule has 5 heteroatoms. The maximum absolute atomic E-state index is 13.0. The highest BCUT2D eigenvalue weighted by molar-refractivity contribution is 7.91. The standard InChI is InChI=1S/C17H20O4S/c1-9-8-15(18)13(5)17(12(9)4)22(20,21)14-6-10(2)16(19)11(3)7-14/h6-8,18-19H,1-5H3. The molecule has 4 nitrogen and oxygen atoms in total. The Morgan fingerprint density at radius 2 is 1.27 bits per heavy atom. The molecule has 118 valence electrons. The van der Waals surface area contributed by atoms with E-state index in [4.69, 9.17) is 0 Å². The van der Waals surface area contributed by atoms with Crippen molar-refractivity contribution in [2.45, 2.75) is 44.4 Å². The van der Waals surface area contributed by atoms with Crippen LogP contribution in [0.25, 0.3) is 0 Å². The van der Waals surface area contributed by atoms with Gasteiger partial charge in [-0.2, -0.15) is 0 Å². The zero-order valence-corrected chi connectivity index (χ0v) is 14.2. The maximum Gasteiger partial charge on any atom is 0.207 e. The molecule has 2 aromatic rings. The van der Waals surface area contributed by atoms with Gasteiger partial charge in [-0.3, -0.25) is 0 Å². The number of phenolic OH excluding ortho intramolecular Hbond substituents is 2. The summed E-state index contributed by atoms with van der Waals surface area (Å²) in [7, 11) is -3.78. The van der Waals surface area contributed by atoms with E-state index in [0.717, 1.165) is 0 Å². The summed E-state index contributed by atoms with van der Waals surface area (Å²) < 4.78 is 26.0. The average molecular weight is 320 g/mol. The van der Waals surface area contributed by atoms with E-state index in [2.05, 4.69) is 0 Å². The molecule has 0 unspecified atom stereocenters. The van der Waals surface area contributed by atoms with Gasteiger partial charge in [0.25, 0.3) is 0 Å². The number of benzene rings is 2. The van der Waals surface area contributed by atoms with Gasteiger partial charge >= 0.3 is 0 Å². The summed E-state index contributed by atoms with van der Waals surface area (Å²) in [4.78, 5) is 0.256. The minimum absolute atomic E-state index is 0.0334. The Bertz CT molecular complexity index is 815. The van der Waals surface area contributed by atoms with Crippen LogP contribution in [0.2, 0.25) is 0 Å². The Kier molecular flexibility index (Phi) is 3.96. The van der Waals surface area contributed by atoms with Crippen molar-refractivity contribution in [3.8, 4) is 11.5 Å². The molecular weight excluding hydrogens is 300 g/mol. The topological polar surface area (TPSA) is 74.6 Å². The molecule has 0 aromatic heterocycles. The largest absolute Gasteiger partial charge is 0.508 e. The lowest BCUT2D eigenvalue weighted by atomic mass is 10.1. The zero-order valence-electron chi connectivity index (χ0n) is 13.4. The number of phenols is 2. The third kappa shape index (κ3) is 2.46. The monoisotopic (exact) mass is 320 g/mol. The summed E-state index contributed by atoms with van der Waals surface area (Å²) in [6.45, 7) is 8.41. The molecule has 0 heterocycles. The first-order valence-corrected chi connectivity index (χ1v) is 8.40. The molecule has 0 aliphatic rings. The van der Waals surface area contributed by atoms with Gasteiger partial charge in [0, 0.05) is 5.56 Å². The van der Waals surface area contributed by atoms with Crippen LogP contribution >= 0.6 is 0 Å². The van der Waals surface area contributed by atoms with E-state index >= 15 is 0 Å². The first-order chi connectivity index (χ1) is 10.1. The van der Waals surface area contributed by atoms with E-state index in [0.29, 0.717) is 27.8 Å². The van der Waals surface area contributed by atoms with Crippen molar-refractivity contribution in [1.29, 1.82) is 0 Å². The summed E-state index contributed by atoms with van der Waals surface area (Å²) in [6, 6.07) is 4.48. The molecule has 0 saturated heterocycles. The number of aromatic hydroxyl groups is 2. The quantitative estimate of drug-likeness (QED) is 0.888. The maximum atomic E-state index is 13.0. The summed E-state index contributed by atoms with van der Waals surface area (Å²) in [6.07, 6.45) is 0. The second-order valence-corrected chi connectivity index (χ2v) is 7.59. The Morgan fingerprint density at radius 3 is 1.77 bits per heavy atom. The summed E-state index contributed by atoms with van der Waals surface area (Å²) in [5.74, 6) is 0.0633. The van der Waals surface area contributed by atoms with E-state index in [1.807, 2.05) is 0 Å². The van der Waals surface area contributed by atoms with Crippen molar-refractivity contribution in [1.82, 2.24) is 0 Å². The van der Waals surface area contributed by atoms with Gasteiger partial charge in [-0.15, -0.1) is 0 Å². The molecule has 0 amide bonds. The number of hydrogen-bond donors (Lipinski definition) is 2. The van der Waals surface area contributed by atoms with E-state index in [-0.39, 0.29) is 21.3 Å². The van der Waals surface area contributed by atoms with Crippen LogP contribution in [0.5, 0.6) is 11.5 Å². The Hall–Kier alpha value is -2.01. The Labute approximate surface area is 131 Å². The van der Waals surface area contributed by atoms with Gasteiger partial charge in [0.1, 0.15) is 11.5 Å². The van der Waals surface area contributed by atoms with E-state index in [1.165, 1.54) is 12.1 Å². The van der Waals surface area contributed by atoms with E-state index < -0.39 is 9.84 Å². The first-order valence-electron chi connectivity index (χ1n) is 6.92. The number of rotatable bonds is 2. The van der Waals surface area contributed by atoms with E-state index in [1.54, 1.807) is 40.7 Å². The lowest BCUT2D eigenvalue weighted by Gasteiger charge is -2.16. The van der Waals surface area contributed by atoms with Crippen LogP contribution in [0, 0.1) is 34.6 Å². The fourth-order valence-electron chi connectivity index (χ4n) is 2.59. The van der Waals surface area contributed by atoms with Crippen molar-refractivity contribution < 1.29 is 18.6 Å². The molecule has 2 rings (SSSR count). The molecule has 0 atom stereocenters. The van der Waals surface area contributed by atoms with Crippen LogP contribution in [-0.4, -0.2) is 18.6 Å². The average Bonchev–Trinajstić information content (AvgIpc) is 2.42. The highest BCUT2D eigenvalue weighted by Crippen LogP contribution is 2.35. The predicted octanol–water partition coefficient (Wildman–Crippen LogP) is 3.47. The van der Waals surface area contributed by atoms with Crippen molar-refractivity contribution in [2.24, 2.45) is 0 Å². The molecular formula is C17H20O4S. The van der Waals surface area contributed by atoms with Crippen molar-refractivity contribution in [3.05, 3.63) is 46.0 Å². The summed E-state index contributed by atoms with van der Waals surface area (Å²) in [5, 5.41) is 19.8. The molecule has 0 spiro atoms. The van der Waals surface area contributed by atoms with Crippen LogP contribution in [0.4, 0.5) is 0 Å². The molecule has 0 bridgehead atoms. The van der Waals surface area contributed by atoms with Crippen LogP contribution in [0.1, 0.15) is 27.8 Å². The lowest BCUT2D eigenvalue weighted by Crippen LogP contribution is -2.08. The van der Waals surface area contributed by atoms with Gasteiger partial charge in [-0.1, -0.05) is 0 Å². The zero-order chi connectivity index (χ0) is 16.8. The lowest BCUT2D eigenvalue weighted by molar-refractivity contribution is 0.465. The Balaban J connectivity index is 2.83. The Morgan fingerprint density at radius 1 is 0.773 bits per heavy atom. The third-order valence-electron chi connectivity index (χ3n) is 4.05. The van der Waals surface area contributed by atoms with Crippen LogP contribution in [0.15, 0.2) is 28.0 Å². The summed E-state index contributed by atoms with van der Waals surface area (Å²) >= 11 is 0. The van der Waals surface area contributed by atoms with Crippen molar-refractivity contribution in [2.75, 3.05) is 0 Å². The van der Waals surface area contributed by atoms with Gasteiger partial charge in [0.15, 0.2) is 0 Å². The van der Waals surface area contributed by atoms with Crippen molar-refractivity contribution >= 4 is 9.84 Å². The molecule has 0 saturated carbocycles. The number of aryl methyl sites for hydroxylation is 3. The van der Waals surface area contributed by atoms with Crippen LogP contribution in [0.3, 0.4) is 0 Å². The van der Waals surface area contributed by atoms with Crippen LogP contribution in [-0.2, 0) is 9.84 Å².